The van der Waals surface area contributed by atoms with Gasteiger partial charge < -0.3 is 25.8 Å². The largest absolute Gasteiger partial charge is 0.445 e. The van der Waals surface area contributed by atoms with E-state index in [9.17, 15) is 24.3 Å². The third kappa shape index (κ3) is 5.30. The standard InChI is InChI=1S/C23H25N3O6/c24-20(28)23(31)12-6-13-26(22(30)32-15-16-7-2-1-3-8-16)14-11-19(27)17-9-4-5-10-18(17)25-21(23)29/h1-5,7-10,31H,6,11-15H2,(H2,24,28)(H,25,29). The Bertz CT molecular complexity index is 1010. The average Bonchev–Trinajstić information content (AvgIpc) is 2.79. The first kappa shape index (κ1) is 23.0. The zero-order valence-corrected chi connectivity index (χ0v) is 17.5. The topological polar surface area (TPSA) is 139 Å². The first-order chi connectivity index (χ1) is 15.3. The highest BCUT2D eigenvalue weighted by molar-refractivity contribution is 6.14. The number of carbonyl (C=O) groups excluding carboxylic acids is 4. The second-order valence-corrected chi connectivity index (χ2v) is 7.53. The van der Waals surface area contributed by atoms with E-state index in [0.717, 1.165) is 5.56 Å². The minimum atomic E-state index is -2.49. The number of fused-ring (bicyclic) bond motifs is 1. The predicted octanol–water partition coefficient (Wildman–Crippen LogP) is 1.85. The fourth-order valence-electron chi connectivity index (χ4n) is 3.41. The molecule has 0 spiro atoms. The SMILES string of the molecule is NC(=O)C1(O)CCCN(C(=O)OCc2ccccc2)CCC(=O)c2ccccc2NC1=O. The lowest BCUT2D eigenvalue weighted by Crippen LogP contribution is -2.54. The normalized spacial score (nSPS) is 19.7. The van der Waals surface area contributed by atoms with Gasteiger partial charge in [0.15, 0.2) is 5.78 Å². The van der Waals surface area contributed by atoms with E-state index in [2.05, 4.69) is 5.32 Å². The maximum Gasteiger partial charge on any atom is 0.410 e. The van der Waals surface area contributed by atoms with Gasteiger partial charge in [-0.25, -0.2) is 4.79 Å². The van der Waals surface area contributed by atoms with Crippen molar-refractivity contribution in [2.75, 3.05) is 18.4 Å². The fourth-order valence-corrected chi connectivity index (χ4v) is 3.41. The van der Waals surface area contributed by atoms with Crippen molar-refractivity contribution in [3.63, 3.8) is 0 Å². The summed E-state index contributed by atoms with van der Waals surface area (Å²) in [5.41, 5.74) is 3.97. The van der Waals surface area contributed by atoms with Gasteiger partial charge in [0, 0.05) is 25.1 Å². The smallest absolute Gasteiger partial charge is 0.410 e. The summed E-state index contributed by atoms with van der Waals surface area (Å²) >= 11 is 0. The molecule has 0 radical (unpaired) electrons. The number of carbonyl (C=O) groups is 4. The minimum absolute atomic E-state index is 0.00735. The second-order valence-electron chi connectivity index (χ2n) is 7.53. The van der Waals surface area contributed by atoms with Crippen LogP contribution in [0.15, 0.2) is 54.6 Å². The summed E-state index contributed by atoms with van der Waals surface area (Å²) in [7, 11) is 0. The molecule has 1 aliphatic heterocycles. The number of ketones is 1. The van der Waals surface area contributed by atoms with Crippen molar-refractivity contribution < 1.29 is 29.0 Å². The minimum Gasteiger partial charge on any atom is -0.445 e. The Morgan fingerprint density at radius 1 is 1.06 bits per heavy atom. The first-order valence-electron chi connectivity index (χ1n) is 10.2. The molecule has 4 N–H and O–H groups in total. The van der Waals surface area contributed by atoms with E-state index >= 15 is 0 Å². The van der Waals surface area contributed by atoms with Gasteiger partial charge in [0.05, 0.1) is 5.69 Å². The Morgan fingerprint density at radius 2 is 1.75 bits per heavy atom. The molecule has 168 valence electrons. The molecule has 1 aliphatic rings. The monoisotopic (exact) mass is 439 g/mol. The third-order valence-corrected chi connectivity index (χ3v) is 5.30. The van der Waals surface area contributed by atoms with Crippen LogP contribution < -0.4 is 11.1 Å². The highest BCUT2D eigenvalue weighted by Gasteiger charge is 2.42. The molecule has 3 amide bonds. The number of rotatable bonds is 3. The summed E-state index contributed by atoms with van der Waals surface area (Å²) in [6, 6.07) is 15.4. The summed E-state index contributed by atoms with van der Waals surface area (Å²) in [4.78, 5) is 51.3. The number of aliphatic hydroxyl groups is 1. The van der Waals surface area contributed by atoms with Crippen molar-refractivity contribution in [3.05, 3.63) is 65.7 Å². The number of hydrogen-bond donors (Lipinski definition) is 3. The van der Waals surface area contributed by atoms with Crippen LogP contribution in [0.5, 0.6) is 0 Å². The molecule has 3 rings (SSSR count). The number of primary amides is 1. The number of nitrogens with two attached hydrogens (primary N) is 1. The molecule has 0 aliphatic carbocycles. The van der Waals surface area contributed by atoms with Gasteiger partial charge in [-0.15, -0.1) is 0 Å². The van der Waals surface area contributed by atoms with Gasteiger partial charge in [-0.1, -0.05) is 42.5 Å². The summed E-state index contributed by atoms with van der Waals surface area (Å²) in [6.07, 6.45) is -0.845. The maximum absolute atomic E-state index is 12.8. The maximum atomic E-state index is 12.8. The van der Waals surface area contributed by atoms with Crippen LogP contribution >= 0.6 is 0 Å². The Balaban J connectivity index is 1.82. The Hall–Kier alpha value is -3.72. The molecule has 2 aromatic carbocycles. The van der Waals surface area contributed by atoms with E-state index in [-0.39, 0.29) is 56.0 Å². The first-order valence-corrected chi connectivity index (χ1v) is 10.2. The van der Waals surface area contributed by atoms with Crippen LogP contribution in [0.4, 0.5) is 10.5 Å². The van der Waals surface area contributed by atoms with E-state index in [1.165, 1.54) is 17.0 Å². The van der Waals surface area contributed by atoms with E-state index in [4.69, 9.17) is 10.5 Å². The molecule has 2 aromatic rings. The molecule has 0 aromatic heterocycles. The number of anilines is 1. The molecule has 1 unspecified atom stereocenters. The third-order valence-electron chi connectivity index (χ3n) is 5.30. The highest BCUT2D eigenvalue weighted by Crippen LogP contribution is 2.23. The Morgan fingerprint density at radius 3 is 2.47 bits per heavy atom. The van der Waals surface area contributed by atoms with E-state index < -0.39 is 23.5 Å². The van der Waals surface area contributed by atoms with Crippen LogP contribution in [-0.2, 0) is 20.9 Å². The van der Waals surface area contributed by atoms with Crippen LogP contribution in [0.2, 0.25) is 0 Å². The van der Waals surface area contributed by atoms with Crippen molar-refractivity contribution in [2.45, 2.75) is 31.5 Å². The predicted molar refractivity (Wildman–Crippen MR) is 116 cm³/mol. The zero-order valence-electron chi connectivity index (χ0n) is 17.5. The van der Waals surface area contributed by atoms with Crippen molar-refractivity contribution in [1.29, 1.82) is 0 Å². The molecular weight excluding hydrogens is 414 g/mol. The lowest BCUT2D eigenvalue weighted by Gasteiger charge is -2.27. The number of nitrogens with one attached hydrogen (secondary N) is 1. The summed E-state index contributed by atoms with van der Waals surface area (Å²) in [5.74, 6) is -2.55. The number of hydrogen-bond acceptors (Lipinski definition) is 6. The molecular formula is C23H25N3O6. The molecule has 0 fully saturated rings. The number of amides is 3. The van der Waals surface area contributed by atoms with Gasteiger partial charge in [0.25, 0.3) is 11.8 Å². The molecule has 0 bridgehead atoms. The number of para-hydroxylation sites is 1. The summed E-state index contributed by atoms with van der Waals surface area (Å²) in [5, 5.41) is 13.1. The lowest BCUT2D eigenvalue weighted by molar-refractivity contribution is -0.149. The van der Waals surface area contributed by atoms with Crippen molar-refractivity contribution in [3.8, 4) is 0 Å². The molecule has 0 saturated carbocycles. The lowest BCUT2D eigenvalue weighted by atomic mass is 9.94. The van der Waals surface area contributed by atoms with Gasteiger partial charge in [0.2, 0.25) is 5.60 Å². The van der Waals surface area contributed by atoms with E-state index in [1.807, 2.05) is 30.3 Å². The van der Waals surface area contributed by atoms with Crippen LogP contribution in [0.25, 0.3) is 0 Å². The number of Topliss-reactive ketones (excluding diaryl/α,β-unsaturated/α-hetero) is 1. The second kappa shape index (κ2) is 10.1. The van der Waals surface area contributed by atoms with Gasteiger partial charge in [0.1, 0.15) is 6.61 Å². The molecule has 1 heterocycles. The average molecular weight is 439 g/mol. The summed E-state index contributed by atoms with van der Waals surface area (Å²) in [6.45, 7) is 0.190. The van der Waals surface area contributed by atoms with Gasteiger partial charge in [-0.05, 0) is 30.5 Å². The van der Waals surface area contributed by atoms with Gasteiger partial charge >= 0.3 is 6.09 Å². The van der Waals surface area contributed by atoms with Crippen LogP contribution in [0, 0.1) is 0 Å². The number of nitrogens with zero attached hydrogens (tertiary/aromatic N) is 1. The van der Waals surface area contributed by atoms with Crippen molar-refractivity contribution in [2.24, 2.45) is 5.73 Å². The van der Waals surface area contributed by atoms with Crippen LogP contribution in [-0.4, -0.2) is 52.4 Å². The van der Waals surface area contributed by atoms with Crippen molar-refractivity contribution >= 4 is 29.4 Å². The highest BCUT2D eigenvalue weighted by atomic mass is 16.6. The molecule has 9 heteroatoms. The molecule has 1 atom stereocenters. The molecule has 9 nitrogen and oxygen atoms in total. The zero-order chi connectivity index (χ0) is 23.1. The van der Waals surface area contributed by atoms with E-state index in [1.54, 1.807) is 12.1 Å². The molecule has 0 saturated heterocycles. The molecule has 32 heavy (non-hydrogen) atoms. The number of ether oxygens (including phenoxy) is 1. The van der Waals surface area contributed by atoms with Crippen LogP contribution in [0.1, 0.15) is 35.2 Å². The van der Waals surface area contributed by atoms with Crippen molar-refractivity contribution in [1.82, 2.24) is 4.90 Å². The number of benzene rings is 2. The van der Waals surface area contributed by atoms with E-state index in [0.29, 0.717) is 0 Å². The quantitative estimate of drug-likeness (QED) is 0.624. The Kier molecular flexibility index (Phi) is 7.21. The van der Waals surface area contributed by atoms with Crippen LogP contribution in [0.3, 0.4) is 0 Å². The Labute approximate surface area is 185 Å². The fraction of sp³-hybridized carbons (Fsp3) is 0.304. The summed E-state index contributed by atoms with van der Waals surface area (Å²) < 4.78 is 5.36. The van der Waals surface area contributed by atoms with Gasteiger partial charge in [-0.2, -0.15) is 0 Å². The van der Waals surface area contributed by atoms with Gasteiger partial charge in [-0.3, -0.25) is 14.4 Å².